The second-order valence-electron chi connectivity index (χ2n) is 7.84. The van der Waals surface area contributed by atoms with Crippen molar-refractivity contribution in [3.05, 3.63) is 51.0 Å². The van der Waals surface area contributed by atoms with Crippen molar-refractivity contribution >= 4 is 28.7 Å². The lowest BCUT2D eigenvalue weighted by atomic mass is 9.95. The van der Waals surface area contributed by atoms with Crippen molar-refractivity contribution in [2.45, 2.75) is 38.1 Å². The summed E-state index contributed by atoms with van der Waals surface area (Å²) in [6.45, 7) is 1.80. The molecule has 2 aromatic heterocycles. The summed E-state index contributed by atoms with van der Waals surface area (Å²) in [4.78, 5) is 34.3. The molecule has 1 saturated carbocycles. The average Bonchev–Trinajstić information content (AvgIpc) is 3.51. The molecule has 0 atom stereocenters. The minimum atomic E-state index is -0.285. The molecule has 3 aromatic rings. The topological polar surface area (TPSA) is 96.8 Å². The molecule has 9 heteroatoms. The quantitative estimate of drug-likeness (QED) is 0.709. The zero-order valence-corrected chi connectivity index (χ0v) is 16.6. The van der Waals surface area contributed by atoms with Gasteiger partial charge >= 0.3 is 0 Å². The van der Waals surface area contributed by atoms with Gasteiger partial charge in [0.05, 0.1) is 6.54 Å². The number of amides is 1. The molecule has 1 saturated heterocycles. The number of carbonyl (C=O) groups is 1. The normalized spacial score (nSPS) is 17.8. The molecule has 1 N–H and O–H groups in total. The van der Waals surface area contributed by atoms with Crippen LogP contribution in [0.4, 0.5) is 0 Å². The number of hydrogen-bond donors (Lipinski definition) is 1. The van der Waals surface area contributed by atoms with Crippen LogP contribution >= 0.6 is 11.6 Å². The van der Waals surface area contributed by atoms with Crippen LogP contribution in [0.1, 0.15) is 43.0 Å². The summed E-state index contributed by atoms with van der Waals surface area (Å²) in [5.74, 6) is 1.27. The molecule has 1 aliphatic heterocycles. The van der Waals surface area contributed by atoms with E-state index in [2.05, 4.69) is 15.3 Å². The summed E-state index contributed by atoms with van der Waals surface area (Å²) in [5, 5.41) is 8.75. The Labute approximate surface area is 171 Å². The van der Waals surface area contributed by atoms with E-state index < -0.39 is 0 Å². The van der Waals surface area contributed by atoms with Gasteiger partial charge in [0.2, 0.25) is 5.91 Å². The molecule has 0 bridgehead atoms. The van der Waals surface area contributed by atoms with E-state index in [4.69, 9.17) is 16.6 Å². The van der Waals surface area contributed by atoms with E-state index >= 15 is 0 Å². The summed E-state index contributed by atoms with van der Waals surface area (Å²) < 4.78 is 1.61. The summed E-state index contributed by atoms with van der Waals surface area (Å²) >= 11 is 6.26. The van der Waals surface area contributed by atoms with Crippen LogP contribution < -0.4 is 5.56 Å². The van der Waals surface area contributed by atoms with Crippen molar-refractivity contribution in [3.8, 4) is 0 Å². The minimum absolute atomic E-state index is 0.110. The third-order valence-electron chi connectivity index (χ3n) is 5.79. The zero-order chi connectivity index (χ0) is 20.0. The highest BCUT2D eigenvalue weighted by atomic mass is 35.5. The summed E-state index contributed by atoms with van der Waals surface area (Å²) in [6.07, 6.45) is 3.62. The van der Waals surface area contributed by atoms with E-state index in [1.54, 1.807) is 4.68 Å². The van der Waals surface area contributed by atoms with Crippen molar-refractivity contribution in [1.82, 2.24) is 29.9 Å². The second-order valence-corrected chi connectivity index (χ2v) is 8.24. The zero-order valence-electron chi connectivity index (χ0n) is 15.8. The average molecular weight is 413 g/mol. The molecule has 1 aliphatic carbocycles. The smallest absolute Gasteiger partial charge is 0.281 e. The predicted octanol–water partition coefficient (Wildman–Crippen LogP) is 2.33. The molecule has 0 unspecified atom stereocenters. The number of aromatic nitrogens is 5. The van der Waals surface area contributed by atoms with Gasteiger partial charge in [-0.3, -0.25) is 9.59 Å². The number of nitrogens with zero attached hydrogens (tertiary/aromatic N) is 5. The third-order valence-corrected chi connectivity index (χ3v) is 6.16. The number of rotatable bonds is 4. The Hall–Kier alpha value is -2.74. The summed E-state index contributed by atoms with van der Waals surface area (Å²) in [6, 6.07) is 7.50. The molecule has 2 fully saturated rings. The number of H-pyrrole nitrogens is 1. The molecule has 8 nitrogen and oxygen atoms in total. The number of benzene rings is 1. The lowest BCUT2D eigenvalue weighted by Crippen LogP contribution is -2.39. The van der Waals surface area contributed by atoms with Gasteiger partial charge in [-0.15, -0.1) is 5.10 Å². The van der Waals surface area contributed by atoms with E-state index in [1.807, 2.05) is 29.2 Å². The second kappa shape index (κ2) is 7.26. The Balaban J connectivity index is 1.40. The number of aromatic amines is 1. The predicted molar refractivity (Wildman–Crippen MR) is 108 cm³/mol. The molecular weight excluding hydrogens is 392 g/mol. The van der Waals surface area contributed by atoms with Crippen LogP contribution in [-0.2, 0) is 11.3 Å². The molecule has 1 amide bonds. The molecule has 29 heavy (non-hydrogen) atoms. The Morgan fingerprint density at radius 2 is 1.93 bits per heavy atom. The number of hydrogen-bond acceptors (Lipinski definition) is 5. The fraction of sp³-hybridized carbons (Fsp3) is 0.450. The highest BCUT2D eigenvalue weighted by Gasteiger charge is 2.35. The minimum Gasteiger partial charge on any atom is -0.342 e. The first-order chi connectivity index (χ1) is 14.1. The maximum Gasteiger partial charge on any atom is 0.281 e. The Morgan fingerprint density at radius 3 is 2.66 bits per heavy atom. The van der Waals surface area contributed by atoms with Crippen LogP contribution in [0, 0.1) is 5.92 Å². The first kappa shape index (κ1) is 18.3. The van der Waals surface area contributed by atoms with Gasteiger partial charge < -0.3 is 9.88 Å². The van der Waals surface area contributed by atoms with Gasteiger partial charge in [0.25, 0.3) is 5.56 Å². The summed E-state index contributed by atoms with van der Waals surface area (Å²) in [7, 11) is 0. The SMILES string of the molecule is O=C(C1CC1)N1CCC(c2nc3c(nnn3Cc3ccccc3Cl)c(=O)[nH]2)CC1. The van der Waals surface area contributed by atoms with Gasteiger partial charge in [0.1, 0.15) is 5.82 Å². The molecule has 5 rings (SSSR count). The van der Waals surface area contributed by atoms with Crippen LogP contribution in [0.25, 0.3) is 11.2 Å². The van der Waals surface area contributed by atoms with Crippen LogP contribution in [0.5, 0.6) is 0 Å². The molecule has 0 radical (unpaired) electrons. The first-order valence-electron chi connectivity index (χ1n) is 9.96. The number of piperidine rings is 1. The van der Waals surface area contributed by atoms with Crippen LogP contribution in [0.3, 0.4) is 0 Å². The van der Waals surface area contributed by atoms with Crippen LogP contribution in [-0.4, -0.2) is 48.9 Å². The Morgan fingerprint density at radius 1 is 1.17 bits per heavy atom. The van der Waals surface area contributed by atoms with E-state index in [0.717, 1.165) is 31.2 Å². The number of carbonyl (C=O) groups excluding carboxylic acids is 1. The van der Waals surface area contributed by atoms with Crippen LogP contribution in [0.2, 0.25) is 5.02 Å². The number of likely N-dealkylation sites (tertiary alicyclic amines) is 1. The largest absolute Gasteiger partial charge is 0.342 e. The molecule has 2 aliphatic rings. The lowest BCUT2D eigenvalue weighted by molar-refractivity contribution is -0.133. The standard InChI is InChI=1S/C20H21ClN6O2/c21-15-4-2-1-3-14(15)11-27-18-16(24-25-27)19(28)23-17(22-18)12-7-9-26(10-8-12)20(29)13-5-6-13/h1-4,12-13H,5-11H2,(H,22,23,28). The Kier molecular flexibility index (Phi) is 4.58. The molecule has 1 aromatic carbocycles. The monoisotopic (exact) mass is 412 g/mol. The number of halogens is 1. The van der Waals surface area contributed by atoms with Crippen molar-refractivity contribution in [3.63, 3.8) is 0 Å². The highest BCUT2D eigenvalue weighted by molar-refractivity contribution is 6.31. The molecule has 0 spiro atoms. The van der Waals surface area contributed by atoms with Gasteiger partial charge in [-0.05, 0) is 37.3 Å². The lowest BCUT2D eigenvalue weighted by Gasteiger charge is -2.31. The molecular formula is C20H21ClN6O2. The third kappa shape index (κ3) is 3.53. The van der Waals surface area contributed by atoms with Gasteiger partial charge in [-0.2, -0.15) is 0 Å². The van der Waals surface area contributed by atoms with Gasteiger partial charge in [0.15, 0.2) is 11.2 Å². The molecule has 3 heterocycles. The maximum atomic E-state index is 12.5. The van der Waals surface area contributed by atoms with Crippen molar-refractivity contribution in [2.75, 3.05) is 13.1 Å². The van der Waals surface area contributed by atoms with E-state index in [-0.39, 0.29) is 28.8 Å². The van der Waals surface area contributed by atoms with Crippen molar-refractivity contribution in [1.29, 1.82) is 0 Å². The number of fused-ring (bicyclic) bond motifs is 1. The van der Waals surface area contributed by atoms with Gasteiger partial charge in [-0.1, -0.05) is 35.0 Å². The maximum absolute atomic E-state index is 12.5. The fourth-order valence-electron chi connectivity index (χ4n) is 3.93. The van der Waals surface area contributed by atoms with Gasteiger partial charge in [-0.25, -0.2) is 9.67 Å². The molecule has 150 valence electrons. The Bertz CT molecular complexity index is 1130. The van der Waals surface area contributed by atoms with Crippen molar-refractivity contribution in [2.24, 2.45) is 5.92 Å². The van der Waals surface area contributed by atoms with Crippen molar-refractivity contribution < 1.29 is 4.79 Å². The van der Waals surface area contributed by atoms with E-state index in [9.17, 15) is 9.59 Å². The van der Waals surface area contributed by atoms with Gasteiger partial charge in [0, 0.05) is 29.9 Å². The van der Waals surface area contributed by atoms with E-state index in [1.165, 1.54) is 0 Å². The van der Waals surface area contributed by atoms with E-state index in [0.29, 0.717) is 36.1 Å². The summed E-state index contributed by atoms with van der Waals surface area (Å²) in [5.41, 5.74) is 1.28. The highest BCUT2D eigenvalue weighted by Crippen LogP contribution is 2.33. The number of nitrogens with one attached hydrogen (secondary N) is 1. The van der Waals surface area contributed by atoms with Crippen LogP contribution in [0.15, 0.2) is 29.1 Å². The first-order valence-corrected chi connectivity index (χ1v) is 10.3. The fourth-order valence-corrected chi connectivity index (χ4v) is 4.13.